The number of nitrogens with two attached hydrogens (primary N) is 1. The summed E-state index contributed by atoms with van der Waals surface area (Å²) in [5, 5.41) is 0. The van der Waals surface area contributed by atoms with Crippen LogP contribution in [0.3, 0.4) is 0 Å². The average molecular weight is 196 g/mol. The Kier molecular flexibility index (Phi) is 2.85. The Labute approximate surface area is 87.8 Å². The largest absolute Gasteiger partial charge is 0.326 e. The molecule has 1 saturated heterocycles. The molecule has 82 valence electrons. The molecule has 1 aliphatic heterocycles. The van der Waals surface area contributed by atoms with Crippen LogP contribution in [0.25, 0.3) is 0 Å². The van der Waals surface area contributed by atoms with Gasteiger partial charge in [-0.2, -0.15) is 0 Å². The summed E-state index contributed by atoms with van der Waals surface area (Å²) in [5.41, 5.74) is 6.68. The predicted molar refractivity (Wildman–Crippen MR) is 60.2 cm³/mol. The smallest absolute Gasteiger partial charge is 0.0332 e. The molecule has 1 heterocycles. The first-order valence-electron chi connectivity index (χ1n) is 6.19. The van der Waals surface area contributed by atoms with Gasteiger partial charge in [-0.3, -0.25) is 4.90 Å². The summed E-state index contributed by atoms with van der Waals surface area (Å²) in [4.78, 5) is 2.63. The van der Waals surface area contributed by atoms with E-state index in [1.54, 1.807) is 0 Å². The maximum Gasteiger partial charge on any atom is 0.0332 e. The van der Waals surface area contributed by atoms with Gasteiger partial charge in [0.05, 0.1) is 0 Å². The number of hydrogen-bond acceptors (Lipinski definition) is 2. The van der Waals surface area contributed by atoms with Crippen LogP contribution in [0.4, 0.5) is 0 Å². The van der Waals surface area contributed by atoms with E-state index in [2.05, 4.69) is 18.7 Å². The summed E-state index contributed by atoms with van der Waals surface area (Å²) in [7, 11) is 0. The average Bonchev–Trinajstić information content (AvgIpc) is 2.91. The molecule has 0 aromatic rings. The van der Waals surface area contributed by atoms with Crippen molar-refractivity contribution in [3.8, 4) is 0 Å². The molecule has 0 spiro atoms. The van der Waals surface area contributed by atoms with Crippen molar-refractivity contribution in [3.63, 3.8) is 0 Å². The second kappa shape index (κ2) is 3.82. The van der Waals surface area contributed by atoms with Crippen molar-refractivity contribution in [1.82, 2.24) is 4.90 Å². The van der Waals surface area contributed by atoms with Crippen LogP contribution in [0.1, 0.15) is 46.0 Å². The van der Waals surface area contributed by atoms with Crippen LogP contribution in [0, 0.1) is 5.92 Å². The molecule has 0 aromatic heterocycles. The first kappa shape index (κ1) is 10.4. The molecule has 2 fully saturated rings. The number of likely N-dealkylation sites (tertiary alicyclic amines) is 1. The van der Waals surface area contributed by atoms with Crippen LogP contribution in [0.5, 0.6) is 0 Å². The number of hydrogen-bond donors (Lipinski definition) is 1. The van der Waals surface area contributed by atoms with Gasteiger partial charge in [-0.05, 0) is 58.0 Å². The van der Waals surface area contributed by atoms with Crippen molar-refractivity contribution in [3.05, 3.63) is 0 Å². The van der Waals surface area contributed by atoms with Gasteiger partial charge in [-0.25, -0.2) is 0 Å². The van der Waals surface area contributed by atoms with E-state index in [1.165, 1.54) is 45.2 Å². The summed E-state index contributed by atoms with van der Waals surface area (Å²) in [6, 6.07) is 0.408. The van der Waals surface area contributed by atoms with Crippen LogP contribution in [0.2, 0.25) is 0 Å². The van der Waals surface area contributed by atoms with Gasteiger partial charge >= 0.3 is 0 Å². The SMILES string of the molecule is CCC(C)(C(N)C1CC1)N1CCCC1. The first-order chi connectivity index (χ1) is 6.68. The quantitative estimate of drug-likeness (QED) is 0.745. The Bertz CT molecular complexity index is 190. The van der Waals surface area contributed by atoms with Crippen LogP contribution < -0.4 is 5.73 Å². The summed E-state index contributed by atoms with van der Waals surface area (Å²) < 4.78 is 0. The van der Waals surface area contributed by atoms with E-state index >= 15 is 0 Å². The third-order valence-corrected chi connectivity index (χ3v) is 4.39. The molecular weight excluding hydrogens is 172 g/mol. The normalized spacial score (nSPS) is 30.2. The highest BCUT2D eigenvalue weighted by molar-refractivity contribution is 5.02. The summed E-state index contributed by atoms with van der Waals surface area (Å²) in [6.45, 7) is 7.21. The van der Waals surface area contributed by atoms with Crippen LogP contribution in [-0.4, -0.2) is 29.6 Å². The lowest BCUT2D eigenvalue weighted by Gasteiger charge is -2.43. The van der Waals surface area contributed by atoms with Gasteiger partial charge < -0.3 is 5.73 Å². The second-order valence-corrected chi connectivity index (χ2v) is 5.27. The second-order valence-electron chi connectivity index (χ2n) is 5.27. The van der Waals surface area contributed by atoms with Crippen molar-refractivity contribution < 1.29 is 0 Å². The fraction of sp³-hybridized carbons (Fsp3) is 1.00. The highest BCUT2D eigenvalue weighted by atomic mass is 15.2. The monoisotopic (exact) mass is 196 g/mol. The van der Waals surface area contributed by atoms with E-state index in [9.17, 15) is 0 Å². The minimum Gasteiger partial charge on any atom is -0.326 e. The molecule has 0 bridgehead atoms. The molecule has 2 rings (SSSR count). The van der Waals surface area contributed by atoms with E-state index in [0.29, 0.717) is 6.04 Å². The predicted octanol–water partition coefficient (Wildman–Crippen LogP) is 1.99. The summed E-state index contributed by atoms with van der Waals surface area (Å²) >= 11 is 0. The maximum atomic E-state index is 6.41. The molecule has 0 aromatic carbocycles. The maximum absolute atomic E-state index is 6.41. The first-order valence-corrected chi connectivity index (χ1v) is 6.19. The lowest BCUT2D eigenvalue weighted by atomic mass is 9.85. The molecule has 2 atom stereocenters. The topological polar surface area (TPSA) is 29.3 Å². The lowest BCUT2D eigenvalue weighted by Crippen LogP contribution is -2.57. The Hall–Kier alpha value is -0.0800. The van der Waals surface area contributed by atoms with Crippen LogP contribution >= 0.6 is 0 Å². The van der Waals surface area contributed by atoms with Crippen molar-refractivity contribution in [2.45, 2.75) is 57.5 Å². The van der Waals surface area contributed by atoms with Gasteiger partial charge in [-0.1, -0.05) is 6.92 Å². The van der Waals surface area contributed by atoms with Crippen molar-refractivity contribution in [2.24, 2.45) is 11.7 Å². The Morgan fingerprint density at radius 2 is 1.93 bits per heavy atom. The van der Waals surface area contributed by atoms with Crippen molar-refractivity contribution in [2.75, 3.05) is 13.1 Å². The number of nitrogens with zero attached hydrogens (tertiary/aromatic N) is 1. The Balaban J connectivity index is 2.05. The molecule has 0 amide bonds. The molecule has 2 nitrogen and oxygen atoms in total. The minimum absolute atomic E-state index is 0.275. The van der Waals surface area contributed by atoms with Gasteiger partial charge in [-0.15, -0.1) is 0 Å². The lowest BCUT2D eigenvalue weighted by molar-refractivity contribution is 0.0916. The fourth-order valence-electron chi connectivity index (χ4n) is 2.86. The van der Waals surface area contributed by atoms with Gasteiger partial charge in [0.2, 0.25) is 0 Å². The van der Waals surface area contributed by atoms with Gasteiger partial charge in [0, 0.05) is 11.6 Å². The van der Waals surface area contributed by atoms with E-state index in [0.717, 1.165) is 5.92 Å². The molecule has 0 radical (unpaired) electrons. The highest BCUT2D eigenvalue weighted by Crippen LogP contribution is 2.40. The van der Waals surface area contributed by atoms with E-state index in [-0.39, 0.29) is 5.54 Å². The zero-order chi connectivity index (χ0) is 10.2. The Morgan fingerprint density at radius 3 is 2.36 bits per heavy atom. The van der Waals surface area contributed by atoms with Gasteiger partial charge in [0.25, 0.3) is 0 Å². The zero-order valence-corrected chi connectivity index (χ0v) is 9.63. The molecule has 1 aliphatic carbocycles. The van der Waals surface area contributed by atoms with Gasteiger partial charge in [0.1, 0.15) is 0 Å². The summed E-state index contributed by atoms with van der Waals surface area (Å²) in [6.07, 6.45) is 6.67. The van der Waals surface area contributed by atoms with Crippen LogP contribution in [-0.2, 0) is 0 Å². The molecular formula is C12H24N2. The zero-order valence-electron chi connectivity index (χ0n) is 9.63. The molecule has 14 heavy (non-hydrogen) atoms. The van der Waals surface area contributed by atoms with E-state index in [1.807, 2.05) is 0 Å². The van der Waals surface area contributed by atoms with E-state index < -0.39 is 0 Å². The standard InChI is InChI=1S/C12H24N2/c1-3-12(2,11(13)10-6-7-10)14-8-4-5-9-14/h10-11H,3-9,13H2,1-2H3. The van der Waals surface area contributed by atoms with E-state index in [4.69, 9.17) is 5.73 Å². The summed E-state index contributed by atoms with van der Waals surface area (Å²) in [5.74, 6) is 0.820. The van der Waals surface area contributed by atoms with Crippen molar-refractivity contribution in [1.29, 1.82) is 0 Å². The van der Waals surface area contributed by atoms with Crippen molar-refractivity contribution >= 4 is 0 Å². The molecule has 2 N–H and O–H groups in total. The molecule has 1 saturated carbocycles. The van der Waals surface area contributed by atoms with Gasteiger partial charge in [0.15, 0.2) is 0 Å². The molecule has 2 aliphatic rings. The third-order valence-electron chi connectivity index (χ3n) is 4.39. The number of rotatable bonds is 4. The minimum atomic E-state index is 0.275. The fourth-order valence-corrected chi connectivity index (χ4v) is 2.86. The molecule has 2 unspecified atom stereocenters. The molecule has 2 heteroatoms. The highest BCUT2D eigenvalue weighted by Gasteiger charge is 2.44. The van der Waals surface area contributed by atoms with Crippen LogP contribution in [0.15, 0.2) is 0 Å². The third kappa shape index (κ3) is 1.70. The Morgan fingerprint density at radius 1 is 1.36 bits per heavy atom.